The third-order valence-electron chi connectivity index (χ3n) is 6.64. The Kier molecular flexibility index (Phi) is 18.9. The van der Waals surface area contributed by atoms with Crippen molar-refractivity contribution in [1.82, 2.24) is 0 Å². The van der Waals surface area contributed by atoms with Crippen LogP contribution >= 0.6 is 59.9 Å². The van der Waals surface area contributed by atoms with E-state index in [9.17, 15) is 5.11 Å². The summed E-state index contributed by atoms with van der Waals surface area (Å²) in [4.78, 5) is -0.278. The minimum absolute atomic E-state index is 0.278. The number of hydrogen-bond acceptors (Lipinski definition) is 5. The summed E-state index contributed by atoms with van der Waals surface area (Å²) < 4.78 is 21.8. The Morgan fingerprint density at radius 1 is 0.553 bits per heavy atom. The van der Waals surface area contributed by atoms with Crippen LogP contribution in [0.25, 0.3) is 0 Å². The third-order valence-corrected chi connectivity index (χ3v) is 6.64. The molecular weight excluding hydrogens is 860 g/mol. The van der Waals surface area contributed by atoms with Gasteiger partial charge in [0.2, 0.25) is 0 Å². The molecule has 0 saturated heterocycles. The van der Waals surface area contributed by atoms with Crippen molar-refractivity contribution in [1.29, 1.82) is 0 Å². The van der Waals surface area contributed by atoms with Crippen molar-refractivity contribution in [2.45, 2.75) is 81.3 Å². The van der Waals surface area contributed by atoms with Crippen LogP contribution in [-0.2, 0) is 17.8 Å². The second-order valence-corrected chi connectivity index (χ2v) is 45.1. The Bertz CT molecular complexity index is 958. The quantitative estimate of drug-likeness (QED) is 0.268. The molecule has 0 saturated carbocycles. The molecule has 0 aliphatic carbocycles. The second kappa shape index (κ2) is 18.7. The van der Waals surface area contributed by atoms with E-state index in [1.807, 2.05) is 13.8 Å². The molecule has 1 N–H and O–H groups in total. The fraction of sp³-hybridized carbons (Fsp3) is 0.586. The summed E-state index contributed by atoms with van der Waals surface area (Å²) >= 11 is 7.39. The van der Waals surface area contributed by atoms with Gasteiger partial charge in [-0.1, -0.05) is 13.8 Å². The monoisotopic (exact) mass is 906 g/mol. The molecule has 0 bridgehead atoms. The molecule has 0 aromatic heterocycles. The van der Waals surface area contributed by atoms with Crippen LogP contribution in [-0.4, -0.2) is 39.6 Å². The molecule has 0 aliphatic rings. The summed E-state index contributed by atoms with van der Waals surface area (Å²) in [5, 5.41) is 9.56. The topological polar surface area (TPSA) is 57.2 Å². The molecule has 2 aromatic carbocycles. The fourth-order valence-corrected chi connectivity index (χ4v) is 4.61. The van der Waals surface area contributed by atoms with Gasteiger partial charge in [0.1, 0.15) is 0 Å². The van der Waals surface area contributed by atoms with E-state index in [1.54, 1.807) is 35.4 Å². The number of aliphatic hydroxyl groups is 1. The van der Waals surface area contributed by atoms with Gasteiger partial charge in [0.15, 0.2) is 23.0 Å². The van der Waals surface area contributed by atoms with Crippen LogP contribution in [0, 0.1) is 47.5 Å². The number of rotatable bonds is 8. The molecule has 1 atom stereocenters. The van der Waals surface area contributed by atoms with Gasteiger partial charge in [-0.2, -0.15) is 0 Å². The zero-order valence-corrected chi connectivity index (χ0v) is 33.1. The molecular formula is C29H46I3O5V. The number of methoxy groups -OCH3 is 4. The van der Waals surface area contributed by atoms with Gasteiger partial charge in [0, 0.05) is 0 Å². The van der Waals surface area contributed by atoms with Gasteiger partial charge in [0.05, 0.1) is 34.5 Å². The average Bonchev–Trinajstić information content (AvgIpc) is 2.83. The molecule has 0 heterocycles. The first-order chi connectivity index (χ1) is 17.6. The molecule has 9 heteroatoms. The van der Waals surface area contributed by atoms with Crippen LogP contribution in [0.5, 0.6) is 23.0 Å². The number of ether oxygens (including phenoxy) is 4. The predicted octanol–water partition coefficient (Wildman–Crippen LogP) is 9.03. The number of halogens is 3. The minimum atomic E-state index is -0.357. The molecule has 0 amide bonds. The van der Waals surface area contributed by atoms with Crippen LogP contribution in [0.3, 0.4) is 0 Å². The molecule has 1 unspecified atom stereocenters. The van der Waals surface area contributed by atoms with Gasteiger partial charge in [-0.15, -0.1) is 0 Å². The molecule has 2 aromatic rings. The maximum atomic E-state index is 9.56. The molecule has 5 nitrogen and oxygen atoms in total. The van der Waals surface area contributed by atoms with Crippen LogP contribution in [0.4, 0.5) is 0 Å². The standard InChI is InChI=1S/C15H24O2.C14H22O3.3HI.V/c1-9(2)8-13-10(3)11(4)14(16-6)15(17-7)12(13)5;1-8(15)7-12-9(2)10(3)13(16-5)14(17-6)11(12)4;;;;/h9H,8H2,1-7H3;8,15H,7H2,1-6H3;3*1H;/q;;;;;+3/p-3. The summed E-state index contributed by atoms with van der Waals surface area (Å²) in [6.07, 6.45) is 1.36. The molecule has 0 aliphatic heterocycles. The van der Waals surface area contributed by atoms with E-state index in [-0.39, 0.29) is 11.0 Å². The van der Waals surface area contributed by atoms with Crippen LogP contribution < -0.4 is 18.9 Å². The van der Waals surface area contributed by atoms with Crippen LogP contribution in [0.15, 0.2) is 0 Å². The molecule has 0 fully saturated rings. The van der Waals surface area contributed by atoms with Crippen molar-refractivity contribution in [3.05, 3.63) is 44.5 Å². The summed E-state index contributed by atoms with van der Waals surface area (Å²) in [6.45, 7) is 18.7. The summed E-state index contributed by atoms with van der Waals surface area (Å²) in [5.41, 5.74) is 9.56. The van der Waals surface area contributed by atoms with Gasteiger partial charge in [-0.25, -0.2) is 0 Å². The van der Waals surface area contributed by atoms with Crippen LogP contribution in [0.1, 0.15) is 65.3 Å². The first kappa shape index (κ1) is 38.4. The van der Waals surface area contributed by atoms with E-state index in [0.717, 1.165) is 46.1 Å². The molecule has 0 radical (unpaired) electrons. The zero-order valence-electron chi connectivity index (χ0n) is 25.2. The third kappa shape index (κ3) is 11.0. The molecule has 218 valence electrons. The molecule has 2 rings (SSSR count). The van der Waals surface area contributed by atoms with E-state index in [0.29, 0.717) is 12.3 Å². The maximum absolute atomic E-state index is 9.56. The van der Waals surface area contributed by atoms with E-state index >= 15 is 0 Å². The van der Waals surface area contributed by atoms with Crippen molar-refractivity contribution < 1.29 is 29.0 Å². The summed E-state index contributed by atoms with van der Waals surface area (Å²) in [7, 11) is 6.70. The fourth-order valence-electron chi connectivity index (χ4n) is 4.61. The average molecular weight is 906 g/mol. The Balaban J connectivity index is 0.000000632. The van der Waals surface area contributed by atoms with Gasteiger partial charge in [0.25, 0.3) is 0 Å². The Labute approximate surface area is 269 Å². The van der Waals surface area contributed by atoms with Crippen molar-refractivity contribution >= 4 is 59.9 Å². The molecule has 38 heavy (non-hydrogen) atoms. The second-order valence-electron chi connectivity index (χ2n) is 9.68. The SMILES string of the molecule is COc1c(C)c(C)c(CC(C)C)c(C)c1OC.COc1c(C)c(C)c(CC(C)O)c(C)c1OC.[I][V]([I])[I]. The summed E-state index contributed by atoms with van der Waals surface area (Å²) in [5.74, 6) is 3.95. The van der Waals surface area contributed by atoms with Crippen molar-refractivity contribution in [2.75, 3.05) is 28.4 Å². The molecule has 0 spiro atoms. The van der Waals surface area contributed by atoms with Gasteiger partial charge in [-0.3, -0.25) is 0 Å². The van der Waals surface area contributed by atoms with Gasteiger partial charge >= 0.3 is 64.9 Å². The van der Waals surface area contributed by atoms with E-state index < -0.39 is 0 Å². The number of aliphatic hydroxyl groups excluding tert-OH is 1. The Morgan fingerprint density at radius 3 is 1.05 bits per heavy atom. The van der Waals surface area contributed by atoms with Gasteiger partial charge < -0.3 is 24.1 Å². The number of hydrogen-bond donors (Lipinski definition) is 1. The Hall–Kier alpha value is 0.374. The normalized spacial score (nSPS) is 11.3. The van der Waals surface area contributed by atoms with E-state index in [1.165, 1.54) is 27.8 Å². The summed E-state index contributed by atoms with van der Waals surface area (Å²) in [6, 6.07) is 0. The van der Waals surface area contributed by atoms with Crippen molar-refractivity contribution in [3.63, 3.8) is 0 Å². The first-order valence-electron chi connectivity index (χ1n) is 12.5. The van der Waals surface area contributed by atoms with Gasteiger partial charge in [-0.05, 0) is 112 Å². The Morgan fingerprint density at radius 2 is 0.816 bits per heavy atom. The first-order valence-corrected chi connectivity index (χ1v) is 26.0. The van der Waals surface area contributed by atoms with E-state index in [2.05, 4.69) is 101 Å². The van der Waals surface area contributed by atoms with Crippen molar-refractivity contribution in [3.8, 4) is 23.0 Å². The zero-order chi connectivity index (χ0) is 29.9. The van der Waals surface area contributed by atoms with Crippen LogP contribution in [0.2, 0.25) is 0 Å². The predicted molar refractivity (Wildman–Crippen MR) is 184 cm³/mol. The van der Waals surface area contributed by atoms with E-state index in [4.69, 9.17) is 18.9 Å². The number of benzene rings is 2. The van der Waals surface area contributed by atoms with Crippen molar-refractivity contribution in [2.24, 2.45) is 5.92 Å².